The molecule has 0 aromatic carbocycles. The molecule has 0 radical (unpaired) electrons. The first-order valence-corrected chi connectivity index (χ1v) is 5.43. The molecular weight excluding hydrogens is 232 g/mol. The van der Waals surface area contributed by atoms with Crippen LogP contribution in [0, 0.1) is 10.1 Å². The molecule has 1 heterocycles. The molecule has 7 heteroatoms. The number of hydrogen-bond donors (Lipinski definition) is 1. The number of aromatic nitrogens is 2. The lowest BCUT2D eigenvalue weighted by Gasteiger charge is -2.05. The Kier molecular flexibility index (Phi) is 4.91. The molecule has 0 amide bonds. The molecular formula is C9H13ClN4O2. The molecule has 0 bridgehead atoms. The zero-order valence-electron chi connectivity index (χ0n) is 8.94. The number of halogens is 1. The van der Waals surface area contributed by atoms with Gasteiger partial charge in [0.2, 0.25) is 11.1 Å². The second kappa shape index (κ2) is 6.22. The molecule has 0 fully saturated rings. The number of nitrogens with zero attached hydrogens (tertiary/aromatic N) is 3. The molecule has 1 aromatic rings. The van der Waals surface area contributed by atoms with Crippen molar-refractivity contribution >= 4 is 23.1 Å². The molecule has 0 atom stereocenters. The van der Waals surface area contributed by atoms with Gasteiger partial charge in [0.15, 0.2) is 0 Å². The van der Waals surface area contributed by atoms with E-state index in [1.165, 1.54) is 0 Å². The summed E-state index contributed by atoms with van der Waals surface area (Å²) in [7, 11) is 0. The van der Waals surface area contributed by atoms with E-state index >= 15 is 0 Å². The monoisotopic (exact) mass is 244 g/mol. The number of anilines is 1. The first-order valence-electron chi connectivity index (χ1n) is 5.06. The summed E-state index contributed by atoms with van der Waals surface area (Å²) < 4.78 is 0. The minimum Gasteiger partial charge on any atom is -0.364 e. The molecule has 1 rings (SSSR count). The summed E-state index contributed by atoms with van der Waals surface area (Å²) in [5.74, 6) is 0.182. The average molecular weight is 245 g/mol. The van der Waals surface area contributed by atoms with Crippen LogP contribution in [0.25, 0.3) is 0 Å². The first-order chi connectivity index (χ1) is 7.65. The van der Waals surface area contributed by atoms with Crippen molar-refractivity contribution in [3.05, 3.63) is 21.6 Å². The van der Waals surface area contributed by atoms with Crippen LogP contribution in [0.15, 0.2) is 6.20 Å². The third-order valence-corrected chi connectivity index (χ3v) is 2.19. The third kappa shape index (κ3) is 3.62. The van der Waals surface area contributed by atoms with E-state index in [4.69, 9.17) is 11.6 Å². The predicted molar refractivity (Wildman–Crippen MR) is 61.7 cm³/mol. The van der Waals surface area contributed by atoms with Gasteiger partial charge >= 0.3 is 5.69 Å². The quantitative estimate of drug-likeness (QED) is 0.360. The number of hydrogen-bond acceptors (Lipinski definition) is 5. The second-order valence-electron chi connectivity index (χ2n) is 3.26. The van der Waals surface area contributed by atoms with Crippen LogP contribution in [0.5, 0.6) is 0 Å². The van der Waals surface area contributed by atoms with Crippen molar-refractivity contribution < 1.29 is 4.92 Å². The van der Waals surface area contributed by atoms with Crippen LogP contribution in [0.3, 0.4) is 0 Å². The Bertz CT molecular complexity index is 373. The Labute approximate surface area is 98.2 Å². The van der Waals surface area contributed by atoms with Gasteiger partial charge in [0.25, 0.3) is 0 Å². The van der Waals surface area contributed by atoms with Crippen molar-refractivity contribution in [2.75, 3.05) is 11.9 Å². The van der Waals surface area contributed by atoms with E-state index in [0.717, 1.165) is 25.5 Å². The second-order valence-corrected chi connectivity index (χ2v) is 3.60. The van der Waals surface area contributed by atoms with Gasteiger partial charge in [0, 0.05) is 6.54 Å². The van der Waals surface area contributed by atoms with E-state index in [2.05, 4.69) is 22.2 Å². The molecule has 1 aromatic heterocycles. The van der Waals surface area contributed by atoms with Crippen LogP contribution in [-0.2, 0) is 0 Å². The van der Waals surface area contributed by atoms with Crippen LogP contribution >= 0.6 is 11.6 Å². The highest BCUT2D eigenvalue weighted by Crippen LogP contribution is 2.21. The van der Waals surface area contributed by atoms with E-state index in [-0.39, 0.29) is 16.8 Å². The Morgan fingerprint density at radius 2 is 2.31 bits per heavy atom. The molecule has 88 valence electrons. The van der Waals surface area contributed by atoms with Gasteiger partial charge in [-0.15, -0.1) is 0 Å². The average Bonchev–Trinajstić information content (AvgIpc) is 2.24. The Morgan fingerprint density at radius 1 is 1.56 bits per heavy atom. The van der Waals surface area contributed by atoms with E-state index in [9.17, 15) is 10.1 Å². The van der Waals surface area contributed by atoms with Gasteiger partial charge in [0.05, 0.1) is 4.92 Å². The summed E-state index contributed by atoms with van der Waals surface area (Å²) in [6, 6.07) is 0. The molecule has 0 saturated carbocycles. The number of nitro groups is 1. The zero-order chi connectivity index (χ0) is 12.0. The van der Waals surface area contributed by atoms with Crippen molar-refractivity contribution in [3.63, 3.8) is 0 Å². The Balaban J connectivity index is 2.68. The van der Waals surface area contributed by atoms with Gasteiger partial charge in [-0.2, -0.15) is 4.98 Å². The van der Waals surface area contributed by atoms with Crippen LogP contribution in [0.1, 0.15) is 26.2 Å². The highest BCUT2D eigenvalue weighted by molar-refractivity contribution is 6.28. The molecule has 0 unspecified atom stereocenters. The van der Waals surface area contributed by atoms with Gasteiger partial charge < -0.3 is 5.32 Å². The maximum absolute atomic E-state index is 10.7. The van der Waals surface area contributed by atoms with Crippen molar-refractivity contribution in [2.24, 2.45) is 0 Å². The van der Waals surface area contributed by atoms with E-state index in [1.54, 1.807) is 0 Å². The minimum absolute atomic E-state index is 0.00333. The number of nitrogens with one attached hydrogen (secondary N) is 1. The maximum atomic E-state index is 10.7. The van der Waals surface area contributed by atoms with Crippen LogP contribution < -0.4 is 5.32 Å². The molecule has 6 nitrogen and oxygen atoms in total. The van der Waals surface area contributed by atoms with Crippen molar-refractivity contribution in [3.8, 4) is 0 Å². The summed E-state index contributed by atoms with van der Waals surface area (Å²) in [6.45, 7) is 2.73. The standard InChI is InChI=1S/C9H13ClN4O2/c1-2-3-4-5-11-8-7(14(15)16)6-12-9(10)13-8/h6H,2-5H2,1H3,(H,11,12,13). The lowest BCUT2D eigenvalue weighted by Crippen LogP contribution is -2.07. The summed E-state index contributed by atoms with van der Waals surface area (Å²) in [5, 5.41) is 13.6. The summed E-state index contributed by atoms with van der Waals surface area (Å²) >= 11 is 5.58. The van der Waals surface area contributed by atoms with E-state index in [1.807, 2.05) is 0 Å². The highest BCUT2D eigenvalue weighted by atomic mass is 35.5. The van der Waals surface area contributed by atoms with E-state index in [0.29, 0.717) is 6.54 Å². The van der Waals surface area contributed by atoms with E-state index < -0.39 is 4.92 Å². The SMILES string of the molecule is CCCCCNc1nc(Cl)ncc1[N+](=O)[O-]. The molecule has 0 spiro atoms. The highest BCUT2D eigenvalue weighted by Gasteiger charge is 2.15. The first kappa shape index (κ1) is 12.6. The zero-order valence-corrected chi connectivity index (χ0v) is 9.70. The lowest BCUT2D eigenvalue weighted by atomic mass is 10.2. The smallest absolute Gasteiger partial charge is 0.329 e. The number of unbranched alkanes of at least 4 members (excludes halogenated alkanes) is 2. The normalized spacial score (nSPS) is 10.1. The topological polar surface area (TPSA) is 81.0 Å². The van der Waals surface area contributed by atoms with Crippen LogP contribution in [0.4, 0.5) is 11.5 Å². The Hall–Kier alpha value is -1.43. The van der Waals surface area contributed by atoms with Gasteiger partial charge in [-0.3, -0.25) is 10.1 Å². The minimum atomic E-state index is -0.529. The van der Waals surface area contributed by atoms with Gasteiger partial charge in [0.1, 0.15) is 6.20 Å². The van der Waals surface area contributed by atoms with Crippen LogP contribution in [0.2, 0.25) is 5.28 Å². The summed E-state index contributed by atoms with van der Waals surface area (Å²) in [4.78, 5) is 17.5. The fourth-order valence-corrected chi connectivity index (χ4v) is 1.33. The van der Waals surface area contributed by atoms with Crippen molar-refractivity contribution in [2.45, 2.75) is 26.2 Å². The lowest BCUT2D eigenvalue weighted by molar-refractivity contribution is -0.384. The fraction of sp³-hybridized carbons (Fsp3) is 0.556. The molecule has 0 saturated heterocycles. The molecule has 0 aliphatic rings. The summed E-state index contributed by atoms with van der Waals surface area (Å²) in [5.41, 5.74) is -0.152. The fourth-order valence-electron chi connectivity index (χ4n) is 1.20. The van der Waals surface area contributed by atoms with Gasteiger partial charge in [-0.05, 0) is 18.0 Å². The van der Waals surface area contributed by atoms with Gasteiger partial charge in [-0.1, -0.05) is 19.8 Å². The van der Waals surface area contributed by atoms with Crippen LogP contribution in [-0.4, -0.2) is 21.4 Å². The van der Waals surface area contributed by atoms with Crippen molar-refractivity contribution in [1.29, 1.82) is 0 Å². The van der Waals surface area contributed by atoms with Crippen molar-refractivity contribution in [1.82, 2.24) is 9.97 Å². The molecule has 0 aliphatic carbocycles. The Morgan fingerprint density at radius 3 is 2.94 bits per heavy atom. The maximum Gasteiger partial charge on any atom is 0.329 e. The third-order valence-electron chi connectivity index (χ3n) is 2.01. The molecule has 0 aliphatic heterocycles. The predicted octanol–water partition coefficient (Wildman–Crippen LogP) is 2.64. The molecule has 16 heavy (non-hydrogen) atoms. The number of rotatable bonds is 6. The van der Waals surface area contributed by atoms with Gasteiger partial charge in [-0.25, -0.2) is 4.98 Å². The largest absolute Gasteiger partial charge is 0.364 e. The molecule has 1 N–H and O–H groups in total. The summed E-state index contributed by atoms with van der Waals surface area (Å²) in [6.07, 6.45) is 4.21.